The fraction of sp³-hybridized carbons (Fsp3) is 0.222. The van der Waals surface area contributed by atoms with E-state index in [9.17, 15) is 14.7 Å². The van der Waals surface area contributed by atoms with Crippen LogP contribution >= 0.6 is 11.6 Å². The van der Waals surface area contributed by atoms with Crippen molar-refractivity contribution in [1.29, 1.82) is 5.41 Å². The number of rotatable bonds is 12. The lowest BCUT2D eigenvalue weighted by Crippen LogP contribution is -2.37. The summed E-state index contributed by atoms with van der Waals surface area (Å²) in [6.07, 6.45) is -0.0763. The number of amidine groups is 1. The minimum absolute atomic E-state index is 0.0431. The molecule has 3 aromatic carbocycles. The zero-order valence-electron chi connectivity index (χ0n) is 21.2. The second-order valence-corrected chi connectivity index (χ2v) is 8.84. The van der Waals surface area contributed by atoms with E-state index in [1.165, 1.54) is 12.1 Å². The van der Waals surface area contributed by atoms with Gasteiger partial charge in [0.2, 0.25) is 0 Å². The zero-order valence-corrected chi connectivity index (χ0v) is 21.9. The molecule has 0 bridgehead atoms. The molecule has 3 rings (SSSR count). The highest BCUT2D eigenvalue weighted by Crippen LogP contribution is 2.33. The van der Waals surface area contributed by atoms with Gasteiger partial charge in [-0.15, -0.1) is 0 Å². The summed E-state index contributed by atoms with van der Waals surface area (Å²) in [7, 11) is 0. The maximum absolute atomic E-state index is 13.4. The predicted octanol–water partition coefficient (Wildman–Crippen LogP) is 4.80. The third kappa shape index (κ3) is 7.07. The average Bonchev–Trinajstić information content (AvgIpc) is 2.87. The second-order valence-electron chi connectivity index (χ2n) is 8.46. The van der Waals surface area contributed by atoms with E-state index in [1.54, 1.807) is 48.5 Å². The molecule has 3 aromatic rings. The van der Waals surface area contributed by atoms with E-state index in [2.05, 4.69) is 16.2 Å². The van der Waals surface area contributed by atoms with Crippen LogP contribution in [0.3, 0.4) is 0 Å². The second kappa shape index (κ2) is 12.7. The van der Waals surface area contributed by atoms with E-state index < -0.39 is 17.9 Å². The van der Waals surface area contributed by atoms with Crippen molar-refractivity contribution in [2.45, 2.75) is 32.9 Å². The molecule has 0 aromatic heterocycles. The molecule has 7 N–H and O–H groups in total. The zero-order chi connectivity index (χ0) is 27.8. The topological polar surface area (TPSA) is 159 Å². The van der Waals surface area contributed by atoms with Crippen LogP contribution in [0.15, 0.2) is 60.7 Å². The Balaban J connectivity index is 1.93. The maximum atomic E-state index is 13.4. The third-order valence-electron chi connectivity index (χ3n) is 5.28. The Kier molecular flexibility index (Phi) is 9.39. The Morgan fingerprint density at radius 1 is 1.08 bits per heavy atom. The summed E-state index contributed by atoms with van der Waals surface area (Å²) in [5.41, 5.74) is 12.7. The molecule has 1 unspecified atom stereocenters. The van der Waals surface area contributed by atoms with Crippen LogP contribution in [0.2, 0.25) is 5.02 Å². The summed E-state index contributed by atoms with van der Waals surface area (Å²) in [6, 6.07) is 15.5. The molecule has 10 nitrogen and oxygen atoms in total. The van der Waals surface area contributed by atoms with Gasteiger partial charge >= 0.3 is 5.97 Å². The van der Waals surface area contributed by atoms with Gasteiger partial charge in [0.05, 0.1) is 29.0 Å². The van der Waals surface area contributed by atoms with Gasteiger partial charge in [0.15, 0.2) is 11.5 Å². The molecule has 0 radical (unpaired) electrons. The minimum Gasteiger partial charge on any atom is -0.490 e. The number of carbonyl (C=O) groups is 2. The van der Waals surface area contributed by atoms with E-state index in [4.69, 9.17) is 32.2 Å². The molecule has 0 aliphatic rings. The van der Waals surface area contributed by atoms with Crippen molar-refractivity contribution < 1.29 is 24.2 Å². The van der Waals surface area contributed by atoms with Crippen LogP contribution in [0.5, 0.6) is 11.5 Å². The van der Waals surface area contributed by atoms with Crippen LogP contribution in [0.4, 0.5) is 11.4 Å². The van der Waals surface area contributed by atoms with E-state index >= 15 is 0 Å². The van der Waals surface area contributed by atoms with E-state index in [0.717, 1.165) is 0 Å². The normalized spacial score (nSPS) is 11.4. The molecule has 1 amide bonds. The molecule has 11 heteroatoms. The molecule has 38 heavy (non-hydrogen) atoms. The van der Waals surface area contributed by atoms with Gasteiger partial charge in [-0.3, -0.25) is 21.1 Å². The molecule has 0 saturated carbocycles. The van der Waals surface area contributed by atoms with Gasteiger partial charge < -0.3 is 25.6 Å². The predicted molar refractivity (Wildman–Crippen MR) is 147 cm³/mol. The Morgan fingerprint density at radius 3 is 2.39 bits per heavy atom. The number of nitrogens with one attached hydrogen (secondary N) is 4. The number of nitrogen functional groups attached to an aromatic ring is 1. The number of nitrogens with two attached hydrogens (primary N) is 1. The standard InChI is InChI=1S/C27H30ClN5O5/c1-4-37-22-14-17(10-13-21(22)38-15(2)3)24(31-18-11-8-16(9-12-18)25(29)30)26(34)33-32-20-7-5-6-19(23(20)28)27(35)36/h5-15,24,31-32H,4H2,1-3H3,(H3,29,30)(H,33,34)(H,35,36). The Bertz CT molecular complexity index is 1310. The Labute approximate surface area is 225 Å². The number of ether oxygens (including phenoxy) is 2. The summed E-state index contributed by atoms with van der Waals surface area (Å²) in [6.45, 7) is 6.06. The molecule has 0 spiro atoms. The van der Waals surface area contributed by atoms with Crippen LogP contribution in [0.25, 0.3) is 0 Å². The van der Waals surface area contributed by atoms with E-state index in [0.29, 0.717) is 34.9 Å². The Hall–Kier alpha value is -4.44. The van der Waals surface area contributed by atoms with E-state index in [1.807, 2.05) is 20.8 Å². The number of benzene rings is 3. The first-order chi connectivity index (χ1) is 18.1. The highest BCUT2D eigenvalue weighted by Gasteiger charge is 2.23. The van der Waals surface area contributed by atoms with Gasteiger partial charge in [0, 0.05) is 11.3 Å². The number of amides is 1. The highest BCUT2D eigenvalue weighted by molar-refractivity contribution is 6.36. The van der Waals surface area contributed by atoms with Crippen LogP contribution in [-0.2, 0) is 4.79 Å². The highest BCUT2D eigenvalue weighted by atomic mass is 35.5. The van der Waals surface area contributed by atoms with Gasteiger partial charge in [-0.25, -0.2) is 4.79 Å². The molecular formula is C27H30ClN5O5. The first-order valence-electron chi connectivity index (χ1n) is 11.8. The minimum atomic E-state index is -1.19. The van der Waals surface area contributed by atoms with Crippen molar-refractivity contribution in [2.24, 2.45) is 5.73 Å². The van der Waals surface area contributed by atoms with Gasteiger partial charge in [0.1, 0.15) is 11.9 Å². The van der Waals surface area contributed by atoms with Gasteiger partial charge in [0.25, 0.3) is 5.91 Å². The average molecular weight is 540 g/mol. The maximum Gasteiger partial charge on any atom is 0.337 e. The summed E-state index contributed by atoms with van der Waals surface area (Å²) in [5.74, 6) is -0.720. The number of halogens is 1. The van der Waals surface area contributed by atoms with Crippen LogP contribution in [-0.4, -0.2) is 35.5 Å². The van der Waals surface area contributed by atoms with Crippen LogP contribution in [0.1, 0.15) is 48.3 Å². The largest absolute Gasteiger partial charge is 0.490 e. The Morgan fingerprint density at radius 2 is 1.79 bits per heavy atom. The van der Waals surface area contributed by atoms with Crippen molar-refractivity contribution in [1.82, 2.24) is 5.43 Å². The number of carboxylic acids is 1. The number of hydrazine groups is 1. The molecule has 1 atom stereocenters. The van der Waals surface area contributed by atoms with Gasteiger partial charge in [-0.05, 0) is 74.9 Å². The molecule has 0 heterocycles. The number of carboxylic acid groups (broad SMARTS) is 1. The van der Waals surface area contributed by atoms with Crippen molar-refractivity contribution in [3.8, 4) is 11.5 Å². The first-order valence-corrected chi connectivity index (χ1v) is 12.2. The summed E-state index contributed by atoms with van der Waals surface area (Å²) in [5, 5.41) is 20.0. The van der Waals surface area contributed by atoms with Crippen molar-refractivity contribution >= 4 is 40.7 Å². The molecule has 0 fully saturated rings. The fourth-order valence-corrected chi connectivity index (χ4v) is 3.79. The molecule has 0 saturated heterocycles. The SMILES string of the molecule is CCOc1cc(C(Nc2ccc(C(=N)N)cc2)C(=O)NNc2cccc(C(=O)O)c2Cl)ccc1OC(C)C. The first kappa shape index (κ1) is 28.1. The van der Waals surface area contributed by atoms with Crippen molar-refractivity contribution in [2.75, 3.05) is 17.3 Å². The number of hydrogen-bond donors (Lipinski definition) is 6. The smallest absolute Gasteiger partial charge is 0.337 e. The van der Waals surface area contributed by atoms with Crippen LogP contribution < -0.4 is 31.4 Å². The number of carbonyl (C=O) groups excluding carboxylic acids is 1. The summed E-state index contributed by atoms with van der Waals surface area (Å²) < 4.78 is 11.6. The number of aromatic carboxylic acids is 1. The fourth-order valence-electron chi connectivity index (χ4n) is 3.53. The van der Waals surface area contributed by atoms with E-state index in [-0.39, 0.29) is 28.2 Å². The molecular weight excluding hydrogens is 510 g/mol. The monoisotopic (exact) mass is 539 g/mol. The van der Waals surface area contributed by atoms with Crippen molar-refractivity contribution in [3.63, 3.8) is 0 Å². The molecule has 200 valence electrons. The summed E-state index contributed by atoms with van der Waals surface area (Å²) in [4.78, 5) is 24.8. The number of anilines is 2. The third-order valence-corrected chi connectivity index (χ3v) is 5.69. The van der Waals surface area contributed by atoms with Gasteiger partial charge in [-0.2, -0.15) is 0 Å². The molecule has 0 aliphatic heterocycles. The summed E-state index contributed by atoms with van der Waals surface area (Å²) >= 11 is 6.20. The lowest BCUT2D eigenvalue weighted by molar-refractivity contribution is -0.121. The quantitative estimate of drug-likeness (QED) is 0.109. The van der Waals surface area contributed by atoms with Gasteiger partial charge in [-0.1, -0.05) is 23.7 Å². The lowest BCUT2D eigenvalue weighted by atomic mass is 10.0. The van der Waals surface area contributed by atoms with Crippen molar-refractivity contribution in [3.05, 3.63) is 82.4 Å². The number of hydrogen-bond acceptors (Lipinski definition) is 7. The lowest BCUT2D eigenvalue weighted by Gasteiger charge is -2.23. The molecule has 0 aliphatic carbocycles. The van der Waals surface area contributed by atoms with Crippen LogP contribution in [0, 0.1) is 5.41 Å².